The molecular formula is C16H20FNO2. The van der Waals surface area contributed by atoms with Crippen LogP contribution in [-0.2, 0) is 0 Å². The summed E-state index contributed by atoms with van der Waals surface area (Å²) in [5, 5.41) is 8.91. The quantitative estimate of drug-likeness (QED) is 0.916. The van der Waals surface area contributed by atoms with Crippen LogP contribution in [0.25, 0.3) is 0 Å². The minimum Gasteiger partial charge on any atom is -0.478 e. The van der Waals surface area contributed by atoms with Gasteiger partial charge in [-0.15, -0.1) is 0 Å². The molecule has 108 valence electrons. The summed E-state index contributed by atoms with van der Waals surface area (Å²) in [6, 6.07) is 4.71. The van der Waals surface area contributed by atoms with Gasteiger partial charge in [0.25, 0.3) is 0 Å². The number of aromatic carboxylic acids is 1. The average molecular weight is 277 g/mol. The number of anilines is 1. The van der Waals surface area contributed by atoms with Gasteiger partial charge in [-0.05, 0) is 49.8 Å². The molecule has 1 aromatic carbocycles. The molecule has 0 bridgehead atoms. The molecule has 0 radical (unpaired) electrons. The summed E-state index contributed by atoms with van der Waals surface area (Å²) in [5.41, 5.74) is 0.590. The second-order valence-electron chi connectivity index (χ2n) is 5.92. The third kappa shape index (κ3) is 2.39. The van der Waals surface area contributed by atoms with Crippen LogP contribution in [0.1, 0.15) is 48.9 Å². The summed E-state index contributed by atoms with van der Waals surface area (Å²) < 4.78 is 14.2. The van der Waals surface area contributed by atoms with Crippen LogP contribution in [0.4, 0.5) is 10.1 Å². The Morgan fingerprint density at radius 2 is 1.95 bits per heavy atom. The Hall–Kier alpha value is -1.58. The highest BCUT2D eigenvalue weighted by Crippen LogP contribution is 2.38. The van der Waals surface area contributed by atoms with Crippen molar-refractivity contribution < 1.29 is 14.3 Å². The van der Waals surface area contributed by atoms with Gasteiger partial charge in [-0.25, -0.2) is 9.18 Å². The van der Waals surface area contributed by atoms with Gasteiger partial charge in [-0.1, -0.05) is 12.8 Å². The van der Waals surface area contributed by atoms with E-state index in [1.165, 1.54) is 31.7 Å². The number of hydrogen-bond donors (Lipinski definition) is 1. The van der Waals surface area contributed by atoms with Crippen molar-refractivity contribution in [1.29, 1.82) is 0 Å². The summed E-state index contributed by atoms with van der Waals surface area (Å²) in [5.74, 6) is -0.810. The van der Waals surface area contributed by atoms with Crippen LogP contribution < -0.4 is 4.90 Å². The molecule has 0 aromatic heterocycles. The number of nitrogens with zero attached hydrogens (tertiary/aromatic N) is 1. The first-order valence-corrected chi connectivity index (χ1v) is 7.46. The second-order valence-corrected chi connectivity index (χ2v) is 5.92. The highest BCUT2D eigenvalue weighted by Gasteiger charge is 2.34. The lowest BCUT2D eigenvalue weighted by molar-refractivity contribution is 0.0696. The zero-order valence-electron chi connectivity index (χ0n) is 11.5. The highest BCUT2D eigenvalue weighted by atomic mass is 19.1. The minimum absolute atomic E-state index is 0.0165. The van der Waals surface area contributed by atoms with Crippen molar-refractivity contribution in [3.05, 3.63) is 29.6 Å². The maximum atomic E-state index is 14.2. The van der Waals surface area contributed by atoms with Crippen LogP contribution >= 0.6 is 0 Å². The number of carbonyl (C=O) groups is 1. The Morgan fingerprint density at radius 3 is 2.60 bits per heavy atom. The van der Waals surface area contributed by atoms with E-state index in [0.29, 0.717) is 17.6 Å². The molecule has 20 heavy (non-hydrogen) atoms. The first kappa shape index (κ1) is 13.4. The van der Waals surface area contributed by atoms with E-state index < -0.39 is 11.8 Å². The number of carboxylic acids is 1. The topological polar surface area (TPSA) is 40.5 Å². The van der Waals surface area contributed by atoms with E-state index in [0.717, 1.165) is 25.5 Å². The van der Waals surface area contributed by atoms with E-state index in [1.807, 2.05) is 0 Å². The number of rotatable bonds is 3. The molecule has 4 heteroatoms. The van der Waals surface area contributed by atoms with Crippen molar-refractivity contribution in [3.63, 3.8) is 0 Å². The fourth-order valence-corrected chi connectivity index (χ4v) is 3.80. The van der Waals surface area contributed by atoms with Gasteiger partial charge in [0, 0.05) is 12.6 Å². The van der Waals surface area contributed by atoms with Crippen molar-refractivity contribution in [2.75, 3.05) is 11.4 Å². The van der Waals surface area contributed by atoms with Crippen molar-refractivity contribution in [2.45, 2.75) is 44.6 Å². The van der Waals surface area contributed by atoms with E-state index in [2.05, 4.69) is 4.90 Å². The smallest absolute Gasteiger partial charge is 0.335 e. The molecular weight excluding hydrogens is 257 g/mol. The average Bonchev–Trinajstić information content (AvgIpc) is 3.09. The normalized spacial score (nSPS) is 23.4. The number of hydrogen-bond acceptors (Lipinski definition) is 2. The number of halogens is 1. The molecule has 1 aliphatic carbocycles. The van der Waals surface area contributed by atoms with Gasteiger partial charge in [0.05, 0.1) is 11.3 Å². The zero-order valence-corrected chi connectivity index (χ0v) is 11.5. The van der Waals surface area contributed by atoms with Crippen LogP contribution in [0.3, 0.4) is 0 Å². The molecule has 0 amide bonds. The summed E-state index contributed by atoms with van der Waals surface area (Å²) in [6.45, 7) is 0.879. The fourth-order valence-electron chi connectivity index (χ4n) is 3.80. The van der Waals surface area contributed by atoms with E-state index in [4.69, 9.17) is 5.11 Å². The molecule has 2 aliphatic rings. The molecule has 3 rings (SSSR count). The molecule has 1 saturated carbocycles. The monoisotopic (exact) mass is 277 g/mol. The molecule has 1 saturated heterocycles. The summed E-state index contributed by atoms with van der Waals surface area (Å²) in [4.78, 5) is 13.0. The van der Waals surface area contributed by atoms with Gasteiger partial charge in [0.15, 0.2) is 0 Å². The maximum absolute atomic E-state index is 14.2. The standard InChI is InChI=1S/C16H20FNO2/c17-13-10-12(16(19)20)7-8-15(13)18-9-3-6-14(18)11-4-1-2-5-11/h7-8,10-11,14H,1-6,9H2,(H,19,20). The summed E-state index contributed by atoms with van der Waals surface area (Å²) in [7, 11) is 0. The van der Waals surface area contributed by atoms with Gasteiger partial charge >= 0.3 is 5.97 Å². The molecule has 2 fully saturated rings. The van der Waals surface area contributed by atoms with Crippen LogP contribution in [0.15, 0.2) is 18.2 Å². The zero-order chi connectivity index (χ0) is 14.1. The Labute approximate surface area is 118 Å². The molecule has 1 unspecified atom stereocenters. The molecule has 1 N–H and O–H groups in total. The Kier molecular flexibility index (Phi) is 3.64. The lowest BCUT2D eigenvalue weighted by Crippen LogP contribution is -2.35. The number of carboxylic acid groups (broad SMARTS) is 1. The minimum atomic E-state index is -1.08. The van der Waals surface area contributed by atoms with Gasteiger partial charge in [0.1, 0.15) is 5.82 Å². The number of benzene rings is 1. The molecule has 0 spiro atoms. The third-order valence-corrected chi connectivity index (χ3v) is 4.75. The van der Waals surface area contributed by atoms with E-state index in [9.17, 15) is 9.18 Å². The molecule has 1 aliphatic heterocycles. The molecule has 1 atom stereocenters. The Morgan fingerprint density at radius 1 is 1.20 bits per heavy atom. The second kappa shape index (κ2) is 5.43. The van der Waals surface area contributed by atoms with Crippen LogP contribution in [0, 0.1) is 11.7 Å². The third-order valence-electron chi connectivity index (χ3n) is 4.75. The van der Waals surface area contributed by atoms with Crippen molar-refractivity contribution in [3.8, 4) is 0 Å². The summed E-state index contributed by atoms with van der Waals surface area (Å²) >= 11 is 0. The van der Waals surface area contributed by atoms with E-state index in [-0.39, 0.29) is 5.56 Å². The fraction of sp³-hybridized carbons (Fsp3) is 0.562. The molecule has 3 nitrogen and oxygen atoms in total. The molecule has 1 aromatic rings. The largest absolute Gasteiger partial charge is 0.478 e. The van der Waals surface area contributed by atoms with Gasteiger partial charge < -0.3 is 10.0 Å². The first-order valence-electron chi connectivity index (χ1n) is 7.46. The van der Waals surface area contributed by atoms with Gasteiger partial charge in [-0.3, -0.25) is 0 Å². The van der Waals surface area contributed by atoms with E-state index >= 15 is 0 Å². The molecule has 1 heterocycles. The van der Waals surface area contributed by atoms with Crippen LogP contribution in [0.2, 0.25) is 0 Å². The predicted molar refractivity (Wildman–Crippen MR) is 75.7 cm³/mol. The first-order chi connectivity index (χ1) is 9.66. The SMILES string of the molecule is O=C(O)c1ccc(N2CCCC2C2CCCC2)c(F)c1. The van der Waals surface area contributed by atoms with Crippen molar-refractivity contribution in [1.82, 2.24) is 0 Å². The summed E-state index contributed by atoms with van der Waals surface area (Å²) in [6.07, 6.45) is 7.29. The van der Waals surface area contributed by atoms with Gasteiger partial charge in [0.2, 0.25) is 0 Å². The lowest BCUT2D eigenvalue weighted by atomic mass is 9.95. The van der Waals surface area contributed by atoms with Gasteiger partial charge in [-0.2, -0.15) is 0 Å². The Balaban J connectivity index is 1.85. The predicted octanol–water partition coefficient (Wildman–Crippen LogP) is 3.68. The van der Waals surface area contributed by atoms with Crippen LogP contribution in [-0.4, -0.2) is 23.7 Å². The van der Waals surface area contributed by atoms with Crippen LogP contribution in [0.5, 0.6) is 0 Å². The Bertz CT molecular complexity index is 511. The highest BCUT2D eigenvalue weighted by molar-refractivity contribution is 5.88. The lowest BCUT2D eigenvalue weighted by Gasteiger charge is -2.31. The maximum Gasteiger partial charge on any atom is 0.335 e. The van der Waals surface area contributed by atoms with E-state index in [1.54, 1.807) is 6.07 Å². The van der Waals surface area contributed by atoms with Crippen molar-refractivity contribution >= 4 is 11.7 Å². The van der Waals surface area contributed by atoms with Crippen molar-refractivity contribution in [2.24, 2.45) is 5.92 Å².